The van der Waals surface area contributed by atoms with Gasteiger partial charge in [-0.05, 0) is 49.7 Å². The third-order valence-electron chi connectivity index (χ3n) is 5.79. The maximum atomic E-state index is 13.4. The van der Waals surface area contributed by atoms with Crippen molar-refractivity contribution in [3.63, 3.8) is 0 Å². The number of benzene rings is 1. The van der Waals surface area contributed by atoms with Crippen LogP contribution in [0.15, 0.2) is 53.7 Å². The lowest BCUT2D eigenvalue weighted by Gasteiger charge is -2.41. The fourth-order valence-corrected chi connectivity index (χ4v) is 5.66. The van der Waals surface area contributed by atoms with Gasteiger partial charge in [0, 0.05) is 43.7 Å². The smallest absolute Gasteiger partial charge is 0.223 e. The van der Waals surface area contributed by atoms with Crippen LogP contribution in [0.5, 0.6) is 0 Å². The van der Waals surface area contributed by atoms with Crippen molar-refractivity contribution in [3.8, 4) is 0 Å². The van der Waals surface area contributed by atoms with Crippen LogP contribution in [0.25, 0.3) is 10.9 Å². The maximum Gasteiger partial charge on any atom is 0.223 e. The van der Waals surface area contributed by atoms with Crippen molar-refractivity contribution in [2.24, 2.45) is 0 Å². The van der Waals surface area contributed by atoms with Gasteiger partial charge in [0.15, 0.2) is 9.84 Å². The molecule has 0 aliphatic carbocycles. The molecule has 0 spiro atoms. The van der Waals surface area contributed by atoms with E-state index in [-0.39, 0.29) is 34.8 Å². The highest BCUT2D eigenvalue weighted by atomic mass is 32.2. The first-order valence-electron chi connectivity index (χ1n) is 10.5. The van der Waals surface area contributed by atoms with Crippen LogP contribution in [0, 0.1) is 12.7 Å². The molecule has 168 valence electrons. The summed E-state index contributed by atoms with van der Waals surface area (Å²) in [6.07, 6.45) is 2.72. The first kappa shape index (κ1) is 22.1. The molecule has 0 radical (unpaired) electrons. The van der Waals surface area contributed by atoms with Gasteiger partial charge < -0.3 is 9.80 Å². The highest BCUT2D eigenvalue weighted by molar-refractivity contribution is 7.91. The number of hydrogen-bond donors (Lipinski definition) is 0. The summed E-state index contributed by atoms with van der Waals surface area (Å²) in [5, 5.41) is 0.562. The molecule has 0 saturated carbocycles. The van der Waals surface area contributed by atoms with Gasteiger partial charge in [-0.25, -0.2) is 17.8 Å². The summed E-state index contributed by atoms with van der Waals surface area (Å²) >= 11 is 0. The largest absolute Gasteiger partial charge is 0.353 e. The first-order chi connectivity index (χ1) is 15.3. The van der Waals surface area contributed by atoms with Crippen molar-refractivity contribution in [1.82, 2.24) is 14.9 Å². The number of sulfone groups is 1. The monoisotopic (exact) mass is 456 g/mol. The van der Waals surface area contributed by atoms with Crippen molar-refractivity contribution >= 4 is 32.5 Å². The van der Waals surface area contributed by atoms with E-state index in [0.717, 1.165) is 5.56 Å². The predicted molar refractivity (Wildman–Crippen MR) is 121 cm³/mol. The number of rotatable bonds is 5. The second-order valence-corrected chi connectivity index (χ2v) is 10.1. The highest BCUT2D eigenvalue weighted by Crippen LogP contribution is 2.24. The third-order valence-corrected chi connectivity index (χ3v) is 7.56. The minimum absolute atomic E-state index is 0.0862. The molecule has 1 saturated heterocycles. The Kier molecular flexibility index (Phi) is 6.10. The summed E-state index contributed by atoms with van der Waals surface area (Å²) in [4.78, 5) is 25.2. The van der Waals surface area contributed by atoms with Crippen molar-refractivity contribution in [1.29, 1.82) is 0 Å². The number of amides is 1. The topological polar surface area (TPSA) is 83.5 Å². The number of nitrogens with zero attached hydrogens (tertiary/aromatic N) is 4. The Bertz CT molecular complexity index is 1260. The summed E-state index contributed by atoms with van der Waals surface area (Å²) in [5.41, 5.74) is 1.35. The van der Waals surface area contributed by atoms with Crippen LogP contribution in [0.3, 0.4) is 0 Å². The molecule has 9 heteroatoms. The minimum Gasteiger partial charge on any atom is -0.353 e. The number of aryl methyl sites for hydroxylation is 1. The molecule has 1 atom stereocenters. The van der Waals surface area contributed by atoms with Gasteiger partial charge in [-0.15, -0.1) is 0 Å². The lowest BCUT2D eigenvalue weighted by atomic mass is 10.1. The molecule has 1 aliphatic rings. The molecule has 4 rings (SSSR count). The molecule has 2 aromatic heterocycles. The zero-order valence-corrected chi connectivity index (χ0v) is 18.8. The zero-order chi connectivity index (χ0) is 22.9. The second-order valence-electron chi connectivity index (χ2n) is 8.07. The van der Waals surface area contributed by atoms with Gasteiger partial charge in [0.05, 0.1) is 22.4 Å². The Morgan fingerprint density at radius 1 is 1.19 bits per heavy atom. The van der Waals surface area contributed by atoms with E-state index in [1.807, 2.05) is 11.8 Å². The van der Waals surface area contributed by atoms with Crippen LogP contribution in [-0.4, -0.2) is 60.6 Å². The zero-order valence-electron chi connectivity index (χ0n) is 18.0. The second kappa shape index (κ2) is 8.82. The van der Waals surface area contributed by atoms with Gasteiger partial charge in [0.2, 0.25) is 5.91 Å². The van der Waals surface area contributed by atoms with Crippen LogP contribution in [-0.2, 0) is 14.6 Å². The van der Waals surface area contributed by atoms with E-state index in [1.165, 1.54) is 12.3 Å². The predicted octanol–water partition coefficient (Wildman–Crippen LogP) is 2.98. The fraction of sp³-hybridized carbons (Fsp3) is 0.348. The quantitative estimate of drug-likeness (QED) is 0.587. The van der Waals surface area contributed by atoms with E-state index >= 15 is 0 Å². The van der Waals surface area contributed by atoms with E-state index in [0.29, 0.717) is 36.4 Å². The SMILES string of the molecule is Cc1cc(F)cnc1N1CCN(C(=O)CCS(=O)(=O)c2cccc3ncccc23)[C@@H](C)C1. The Morgan fingerprint density at radius 2 is 2.00 bits per heavy atom. The maximum absolute atomic E-state index is 13.4. The number of pyridine rings is 2. The Balaban J connectivity index is 1.42. The summed E-state index contributed by atoms with van der Waals surface area (Å²) in [6, 6.07) is 9.73. The van der Waals surface area contributed by atoms with Gasteiger partial charge >= 0.3 is 0 Å². The van der Waals surface area contributed by atoms with Crippen molar-refractivity contribution in [2.45, 2.75) is 31.2 Å². The number of aromatic nitrogens is 2. The minimum atomic E-state index is -3.64. The number of fused-ring (bicyclic) bond motifs is 1. The van der Waals surface area contributed by atoms with Crippen LogP contribution in [0.2, 0.25) is 0 Å². The molecule has 0 unspecified atom stereocenters. The molecule has 32 heavy (non-hydrogen) atoms. The number of piperazine rings is 1. The molecule has 3 heterocycles. The van der Waals surface area contributed by atoms with E-state index in [2.05, 4.69) is 9.97 Å². The number of carbonyl (C=O) groups is 1. The molecule has 7 nitrogen and oxygen atoms in total. The molecule has 1 aromatic carbocycles. The molecule has 1 aliphatic heterocycles. The normalized spacial score (nSPS) is 17.0. The van der Waals surface area contributed by atoms with E-state index in [9.17, 15) is 17.6 Å². The molecule has 0 bridgehead atoms. The molecular formula is C23H25FN4O3S. The van der Waals surface area contributed by atoms with Gasteiger partial charge in [-0.2, -0.15) is 0 Å². The first-order valence-corrected chi connectivity index (χ1v) is 12.1. The van der Waals surface area contributed by atoms with Gasteiger partial charge in [0.1, 0.15) is 11.6 Å². The summed E-state index contributed by atoms with van der Waals surface area (Å²) in [5.74, 6) is -0.123. The van der Waals surface area contributed by atoms with Gasteiger partial charge in [0.25, 0.3) is 0 Å². The Hall–Kier alpha value is -3.07. The summed E-state index contributed by atoms with van der Waals surface area (Å²) < 4.78 is 39.3. The van der Waals surface area contributed by atoms with Crippen molar-refractivity contribution < 1.29 is 17.6 Å². The van der Waals surface area contributed by atoms with E-state index < -0.39 is 9.84 Å². The molecule has 1 amide bonds. The van der Waals surface area contributed by atoms with Crippen LogP contribution < -0.4 is 4.90 Å². The summed E-state index contributed by atoms with van der Waals surface area (Å²) in [6.45, 7) is 5.29. The van der Waals surface area contributed by atoms with Crippen LogP contribution in [0.4, 0.5) is 10.2 Å². The number of hydrogen-bond acceptors (Lipinski definition) is 6. The average molecular weight is 457 g/mol. The lowest BCUT2D eigenvalue weighted by molar-refractivity contribution is -0.133. The fourth-order valence-electron chi connectivity index (χ4n) is 4.21. The van der Waals surface area contributed by atoms with Crippen LogP contribution >= 0.6 is 0 Å². The van der Waals surface area contributed by atoms with E-state index in [1.54, 1.807) is 48.4 Å². The molecule has 3 aromatic rings. The van der Waals surface area contributed by atoms with Gasteiger partial charge in [-0.3, -0.25) is 9.78 Å². The standard InChI is InChI=1S/C23H25FN4O3S/c1-16-13-18(24)14-26-23(16)27-10-11-28(17(2)15-27)22(29)8-12-32(30,31)21-7-3-6-20-19(21)5-4-9-25-20/h3-7,9,13-14,17H,8,10-12,15H2,1-2H3/t17-/m0/s1. The van der Waals surface area contributed by atoms with Gasteiger partial charge in [-0.1, -0.05) is 6.07 Å². The highest BCUT2D eigenvalue weighted by Gasteiger charge is 2.30. The molecule has 1 fully saturated rings. The number of carbonyl (C=O) groups excluding carboxylic acids is 1. The Morgan fingerprint density at radius 3 is 2.75 bits per heavy atom. The average Bonchev–Trinajstić information content (AvgIpc) is 2.77. The number of halogens is 1. The third kappa shape index (κ3) is 4.43. The molecule has 0 N–H and O–H groups in total. The van der Waals surface area contributed by atoms with E-state index in [4.69, 9.17) is 0 Å². The number of anilines is 1. The lowest BCUT2D eigenvalue weighted by Crippen LogP contribution is -2.54. The van der Waals surface area contributed by atoms with Crippen molar-refractivity contribution in [2.75, 3.05) is 30.3 Å². The van der Waals surface area contributed by atoms with Crippen LogP contribution in [0.1, 0.15) is 18.9 Å². The molecular weight excluding hydrogens is 431 g/mol. The van der Waals surface area contributed by atoms with Crippen molar-refractivity contribution in [3.05, 3.63) is 60.2 Å². The summed E-state index contributed by atoms with van der Waals surface area (Å²) in [7, 11) is -3.64. The Labute approximate surface area is 186 Å².